The van der Waals surface area contributed by atoms with E-state index in [4.69, 9.17) is 50.5 Å². The van der Waals surface area contributed by atoms with Crippen LogP contribution in [-0.2, 0) is 0 Å². The first kappa shape index (κ1) is 8.66. The van der Waals surface area contributed by atoms with Crippen LogP contribution in [0.5, 0.6) is 0 Å². The Labute approximate surface area is 118 Å². The third kappa shape index (κ3) is 2.46. The van der Waals surface area contributed by atoms with Crippen molar-refractivity contribution in [3.05, 3.63) is 56.4 Å². The summed E-state index contributed by atoms with van der Waals surface area (Å²) in [6.07, 6.45) is 0. The number of benzene rings is 2. The van der Waals surface area contributed by atoms with E-state index in [2.05, 4.69) is 0 Å². The van der Waals surface area contributed by atoms with Crippen molar-refractivity contribution in [1.82, 2.24) is 0 Å². The zero-order valence-electron chi connectivity index (χ0n) is 10.7. The maximum Gasteiger partial charge on any atom is 0.0646 e. The summed E-state index contributed by atoms with van der Waals surface area (Å²) in [5, 5.41) is 0.587. The smallest absolute Gasteiger partial charge is 0.0646 e. The van der Waals surface area contributed by atoms with Crippen LogP contribution in [0.3, 0.4) is 0 Å². The third-order valence-electron chi connectivity index (χ3n) is 1.93. The number of hydrogen-bond acceptors (Lipinski definition) is 0. The van der Waals surface area contributed by atoms with E-state index in [9.17, 15) is 0 Å². The molecule has 0 unspecified atom stereocenters. The summed E-state index contributed by atoms with van der Waals surface area (Å²) in [7, 11) is 0. The van der Waals surface area contributed by atoms with Crippen LogP contribution < -0.4 is 0 Å². The molecule has 0 fully saturated rings. The van der Waals surface area contributed by atoms with E-state index >= 15 is 0 Å². The first-order chi connectivity index (χ1) is 8.84. The lowest BCUT2D eigenvalue weighted by Crippen LogP contribution is -1.82. The van der Waals surface area contributed by atoms with Crippen molar-refractivity contribution in [2.24, 2.45) is 0 Å². The topological polar surface area (TPSA) is 0 Å². The first-order valence-electron chi connectivity index (χ1n) is 5.74. The molecule has 0 N–H and O–H groups in total. The van der Waals surface area contributed by atoms with Crippen LogP contribution in [0, 0.1) is 0 Å². The molecule has 0 radical (unpaired) electrons. The Hall–Kier alpha value is -0.400. The minimum Gasteiger partial charge on any atom is -0.0843 e. The summed E-state index contributed by atoms with van der Waals surface area (Å²) in [5.74, 6) is 0. The molecule has 0 aromatic heterocycles. The Morgan fingerprint density at radius 2 is 1.56 bits per heavy atom. The van der Waals surface area contributed by atoms with Crippen LogP contribution in [0.15, 0.2) is 36.3 Å². The van der Waals surface area contributed by atoms with Crippen LogP contribution in [0.25, 0.3) is 11.1 Å². The zero-order valence-corrected chi connectivity index (χ0v) is 10.8. The van der Waals surface area contributed by atoms with Crippen LogP contribution in [0.2, 0.25) is 20.1 Å². The number of rotatable bonds is 1. The van der Waals surface area contributed by atoms with Gasteiger partial charge in [0.25, 0.3) is 0 Å². The summed E-state index contributed by atoms with van der Waals surface area (Å²) in [5.41, 5.74) is 0.625. The van der Waals surface area contributed by atoms with Gasteiger partial charge < -0.3 is 0 Å². The van der Waals surface area contributed by atoms with E-state index in [0.29, 0.717) is 15.6 Å². The predicted molar refractivity (Wildman–Crippen MR) is 71.9 cm³/mol. The van der Waals surface area contributed by atoms with Crippen molar-refractivity contribution in [2.45, 2.75) is 0 Å². The molecule has 0 bridgehead atoms. The van der Waals surface area contributed by atoms with Gasteiger partial charge in [0.1, 0.15) is 0 Å². The molecule has 2 aromatic carbocycles. The zero-order chi connectivity index (χ0) is 14.3. The second kappa shape index (κ2) is 4.85. The Morgan fingerprint density at radius 1 is 0.812 bits per heavy atom. The maximum atomic E-state index is 7.96. The number of halogens is 4. The first-order valence-corrected chi connectivity index (χ1v) is 5.76. The van der Waals surface area contributed by atoms with Gasteiger partial charge in [-0.15, -0.1) is 0 Å². The standard InChI is InChI=1S/C12H6Cl4/c13-7-1-3-11(15)9(5-7)10-6-8(14)2-4-12(10)16/h1-6H/i1D,3D,5D. The van der Waals surface area contributed by atoms with Gasteiger partial charge in [-0.3, -0.25) is 0 Å². The van der Waals surface area contributed by atoms with Gasteiger partial charge in [-0.2, -0.15) is 0 Å². The van der Waals surface area contributed by atoms with Crippen LogP contribution in [-0.4, -0.2) is 0 Å². The van der Waals surface area contributed by atoms with Gasteiger partial charge >= 0.3 is 0 Å². The highest BCUT2D eigenvalue weighted by atomic mass is 35.5. The molecule has 4 heteroatoms. The normalized spacial score (nSPS) is 13.1. The molecule has 0 nitrogen and oxygen atoms in total. The third-order valence-corrected chi connectivity index (χ3v) is 2.97. The Morgan fingerprint density at radius 3 is 2.31 bits per heavy atom. The predicted octanol–water partition coefficient (Wildman–Crippen LogP) is 5.97. The SMILES string of the molecule is [2H]c1c([2H])c(Cl)c(-c2cc(Cl)ccc2Cl)c([2H])c1Cl. The number of hydrogen-bond donors (Lipinski definition) is 0. The molecule has 0 aliphatic heterocycles. The van der Waals surface area contributed by atoms with Crippen molar-refractivity contribution in [3.63, 3.8) is 0 Å². The lowest BCUT2D eigenvalue weighted by Gasteiger charge is -2.07. The van der Waals surface area contributed by atoms with Crippen molar-refractivity contribution in [1.29, 1.82) is 0 Å². The second-order valence-corrected chi connectivity index (χ2v) is 4.60. The molecule has 0 amide bonds. The van der Waals surface area contributed by atoms with Gasteiger partial charge in [0, 0.05) is 31.2 Å². The molecule has 0 atom stereocenters. The summed E-state index contributed by atoms with van der Waals surface area (Å²) < 4.78 is 23.3. The van der Waals surface area contributed by atoms with Crippen molar-refractivity contribution >= 4 is 46.4 Å². The summed E-state index contributed by atoms with van der Waals surface area (Å²) in [6.45, 7) is 0. The molecule has 0 aliphatic carbocycles. The average Bonchev–Trinajstić information content (AvgIpc) is 2.38. The molecular formula is C12H6Cl4. The average molecular weight is 295 g/mol. The van der Waals surface area contributed by atoms with Crippen molar-refractivity contribution in [3.8, 4) is 11.1 Å². The van der Waals surface area contributed by atoms with E-state index in [1.165, 1.54) is 0 Å². The van der Waals surface area contributed by atoms with E-state index < -0.39 is 0 Å². The minimum atomic E-state index is -0.279. The largest absolute Gasteiger partial charge is 0.0843 e. The van der Waals surface area contributed by atoms with Gasteiger partial charge in [-0.25, -0.2) is 0 Å². The molecule has 16 heavy (non-hydrogen) atoms. The van der Waals surface area contributed by atoms with Crippen molar-refractivity contribution in [2.75, 3.05) is 0 Å². The molecule has 2 rings (SSSR count). The van der Waals surface area contributed by atoms with Gasteiger partial charge in [0.15, 0.2) is 0 Å². The van der Waals surface area contributed by atoms with E-state index in [1.54, 1.807) is 18.2 Å². The molecule has 2 aromatic rings. The van der Waals surface area contributed by atoms with E-state index in [1.807, 2.05) is 0 Å². The Bertz CT molecular complexity index is 642. The fraction of sp³-hybridized carbons (Fsp3) is 0. The Kier molecular flexibility index (Phi) is 2.62. The van der Waals surface area contributed by atoms with Gasteiger partial charge in [0.2, 0.25) is 0 Å². The van der Waals surface area contributed by atoms with Gasteiger partial charge in [0.05, 0.1) is 4.11 Å². The van der Waals surface area contributed by atoms with E-state index in [-0.39, 0.29) is 33.7 Å². The summed E-state index contributed by atoms with van der Waals surface area (Å²) in [6, 6.07) is 4.06. The maximum absolute atomic E-state index is 7.96. The van der Waals surface area contributed by atoms with Crippen LogP contribution in [0.4, 0.5) is 0 Å². The molecule has 82 valence electrons. The molecule has 0 saturated carbocycles. The monoisotopic (exact) mass is 293 g/mol. The lowest BCUT2D eigenvalue weighted by molar-refractivity contribution is 1.61. The van der Waals surface area contributed by atoms with Crippen molar-refractivity contribution < 1.29 is 4.11 Å². The van der Waals surface area contributed by atoms with Gasteiger partial charge in [-0.05, 0) is 36.3 Å². The lowest BCUT2D eigenvalue weighted by atomic mass is 10.1. The molecular weight excluding hydrogens is 286 g/mol. The second-order valence-electron chi connectivity index (χ2n) is 3.00. The highest BCUT2D eigenvalue weighted by molar-refractivity contribution is 6.38. The van der Waals surface area contributed by atoms with Crippen LogP contribution in [0.1, 0.15) is 4.11 Å². The molecule has 0 spiro atoms. The highest BCUT2D eigenvalue weighted by Gasteiger charge is 2.09. The molecule has 0 saturated heterocycles. The molecule has 0 heterocycles. The summed E-state index contributed by atoms with van der Waals surface area (Å²) >= 11 is 23.9. The fourth-order valence-corrected chi connectivity index (χ4v) is 1.96. The summed E-state index contributed by atoms with van der Waals surface area (Å²) in [4.78, 5) is 0. The quantitative estimate of drug-likeness (QED) is 0.608. The minimum absolute atomic E-state index is 0.0384. The Balaban J connectivity index is 2.87. The van der Waals surface area contributed by atoms with Crippen LogP contribution >= 0.6 is 46.4 Å². The fourth-order valence-electron chi connectivity index (χ4n) is 1.24. The van der Waals surface area contributed by atoms with E-state index in [0.717, 1.165) is 0 Å². The van der Waals surface area contributed by atoms with Gasteiger partial charge in [-0.1, -0.05) is 46.4 Å². The highest BCUT2D eigenvalue weighted by Crippen LogP contribution is 2.36. The molecule has 0 aliphatic rings.